The van der Waals surface area contributed by atoms with Crippen molar-refractivity contribution in [1.29, 1.82) is 0 Å². The van der Waals surface area contributed by atoms with Crippen LogP contribution in [0.3, 0.4) is 0 Å². The molecule has 2 amide bonds. The minimum Gasteiger partial charge on any atom is -0.369 e. The van der Waals surface area contributed by atoms with Crippen LogP contribution in [0.2, 0.25) is 0 Å². The van der Waals surface area contributed by atoms with Crippen LogP contribution in [-0.4, -0.2) is 54.2 Å². The Kier molecular flexibility index (Phi) is 5.83. The monoisotopic (exact) mass is 476 g/mol. The van der Waals surface area contributed by atoms with Crippen molar-refractivity contribution in [2.24, 2.45) is 5.92 Å². The van der Waals surface area contributed by atoms with E-state index in [1.807, 2.05) is 0 Å². The lowest BCUT2D eigenvalue weighted by Gasteiger charge is -2.42. The fourth-order valence-electron chi connectivity index (χ4n) is 5.36. The van der Waals surface area contributed by atoms with Crippen LogP contribution < -0.4 is 5.32 Å². The SMILES string of the molecule is O=C1COC[C@]2(CCN(C(=O)C3CC(F)C3)[C@@H]2Cc2cccc(-c3cc(F)cc(F)c3)c2F)N1. The number of likely N-dealkylation sites (tertiary alicyclic amines) is 1. The van der Waals surface area contributed by atoms with Crippen molar-refractivity contribution in [3.63, 3.8) is 0 Å². The van der Waals surface area contributed by atoms with Crippen LogP contribution >= 0.6 is 0 Å². The Morgan fingerprint density at radius 1 is 1.15 bits per heavy atom. The number of halogens is 4. The lowest BCUT2D eigenvalue weighted by molar-refractivity contribution is -0.145. The molecule has 1 spiro atoms. The number of hydrogen-bond donors (Lipinski definition) is 1. The summed E-state index contributed by atoms with van der Waals surface area (Å²) in [6, 6.07) is 6.77. The maximum absolute atomic E-state index is 15.6. The van der Waals surface area contributed by atoms with E-state index in [1.165, 1.54) is 6.07 Å². The molecule has 34 heavy (non-hydrogen) atoms. The largest absolute Gasteiger partial charge is 0.369 e. The summed E-state index contributed by atoms with van der Waals surface area (Å²) < 4.78 is 62.0. The summed E-state index contributed by atoms with van der Waals surface area (Å²) >= 11 is 0. The second kappa shape index (κ2) is 8.69. The normalized spacial score (nSPS) is 28.6. The van der Waals surface area contributed by atoms with E-state index in [-0.39, 0.29) is 61.0 Å². The standard InChI is InChI=1S/C25H24F4N2O3/c26-17-8-16(9-17)24(33)31-5-4-25(13-34-12-22(32)30-25)21(31)10-14-2-1-3-20(23(14)29)15-6-18(27)11-19(28)7-15/h1-3,6-7,11,16-17,21H,4-5,8-10,12-13H2,(H,30,32)/t16?,17?,21-,25+/m1/s1. The van der Waals surface area contributed by atoms with Gasteiger partial charge >= 0.3 is 0 Å². The van der Waals surface area contributed by atoms with Gasteiger partial charge in [0.05, 0.1) is 18.2 Å². The Morgan fingerprint density at radius 2 is 1.88 bits per heavy atom. The van der Waals surface area contributed by atoms with Crippen molar-refractivity contribution >= 4 is 11.8 Å². The summed E-state index contributed by atoms with van der Waals surface area (Å²) in [5, 5.41) is 2.96. The molecule has 180 valence electrons. The van der Waals surface area contributed by atoms with Gasteiger partial charge in [-0.05, 0) is 48.9 Å². The highest BCUT2D eigenvalue weighted by atomic mass is 19.1. The number of alkyl halides is 1. The summed E-state index contributed by atoms with van der Waals surface area (Å²) in [4.78, 5) is 26.9. The minimum absolute atomic E-state index is 0.0315. The van der Waals surface area contributed by atoms with Gasteiger partial charge in [0.2, 0.25) is 11.8 Å². The second-order valence-electron chi connectivity index (χ2n) is 9.40. The molecule has 5 nitrogen and oxygen atoms in total. The average Bonchev–Trinajstić information content (AvgIpc) is 3.08. The molecule has 1 aliphatic carbocycles. The lowest BCUT2D eigenvalue weighted by atomic mass is 9.81. The number of morpholine rings is 1. The molecule has 2 aromatic rings. The molecule has 2 heterocycles. The molecule has 0 unspecified atom stereocenters. The number of amides is 2. The van der Waals surface area contributed by atoms with Crippen LogP contribution in [0.25, 0.3) is 11.1 Å². The molecular weight excluding hydrogens is 452 g/mol. The number of nitrogens with zero attached hydrogens (tertiary/aromatic N) is 1. The topological polar surface area (TPSA) is 58.6 Å². The predicted molar refractivity (Wildman–Crippen MR) is 115 cm³/mol. The van der Waals surface area contributed by atoms with Gasteiger partial charge in [-0.3, -0.25) is 9.59 Å². The second-order valence-corrected chi connectivity index (χ2v) is 9.40. The molecule has 3 aliphatic rings. The fourth-order valence-corrected chi connectivity index (χ4v) is 5.36. The van der Waals surface area contributed by atoms with Crippen molar-refractivity contribution in [2.45, 2.75) is 43.4 Å². The molecule has 2 saturated heterocycles. The molecule has 0 aromatic heterocycles. The third-order valence-electron chi connectivity index (χ3n) is 7.17. The smallest absolute Gasteiger partial charge is 0.246 e. The van der Waals surface area contributed by atoms with Gasteiger partial charge in [0, 0.05) is 24.1 Å². The van der Waals surface area contributed by atoms with E-state index in [0.29, 0.717) is 19.0 Å². The van der Waals surface area contributed by atoms with E-state index in [2.05, 4.69) is 5.32 Å². The fraction of sp³-hybridized carbons (Fsp3) is 0.440. The van der Waals surface area contributed by atoms with E-state index in [1.54, 1.807) is 17.0 Å². The number of rotatable bonds is 4. The van der Waals surface area contributed by atoms with Crippen molar-refractivity contribution in [3.8, 4) is 11.1 Å². The molecule has 0 radical (unpaired) electrons. The molecule has 1 saturated carbocycles. The molecule has 5 rings (SSSR count). The molecule has 2 aliphatic heterocycles. The molecule has 2 atom stereocenters. The van der Waals surface area contributed by atoms with Gasteiger partial charge in [-0.1, -0.05) is 18.2 Å². The van der Waals surface area contributed by atoms with Crippen LogP contribution in [0.5, 0.6) is 0 Å². The number of hydrogen-bond acceptors (Lipinski definition) is 3. The predicted octanol–water partition coefficient (Wildman–Crippen LogP) is 3.55. The maximum atomic E-state index is 15.6. The van der Waals surface area contributed by atoms with Crippen molar-refractivity contribution in [3.05, 3.63) is 59.4 Å². The number of carbonyl (C=O) groups excluding carboxylic acids is 2. The first-order valence-electron chi connectivity index (χ1n) is 11.3. The zero-order valence-electron chi connectivity index (χ0n) is 18.3. The van der Waals surface area contributed by atoms with Crippen LogP contribution in [0.1, 0.15) is 24.8 Å². The summed E-state index contributed by atoms with van der Waals surface area (Å²) in [6.45, 7) is 0.403. The average molecular weight is 476 g/mol. The van der Waals surface area contributed by atoms with E-state index < -0.39 is 41.1 Å². The Balaban J connectivity index is 1.49. The van der Waals surface area contributed by atoms with Gasteiger partial charge in [-0.15, -0.1) is 0 Å². The summed E-state index contributed by atoms with van der Waals surface area (Å²) in [5.74, 6) is -3.25. The van der Waals surface area contributed by atoms with E-state index in [4.69, 9.17) is 4.74 Å². The van der Waals surface area contributed by atoms with Gasteiger partial charge in [-0.2, -0.15) is 0 Å². The van der Waals surface area contributed by atoms with Crippen molar-refractivity contribution in [2.75, 3.05) is 19.8 Å². The van der Waals surface area contributed by atoms with Gasteiger partial charge < -0.3 is 15.0 Å². The molecule has 1 N–H and O–H groups in total. The van der Waals surface area contributed by atoms with Crippen molar-refractivity contribution in [1.82, 2.24) is 10.2 Å². The van der Waals surface area contributed by atoms with Crippen molar-refractivity contribution < 1.29 is 31.9 Å². The number of nitrogens with one attached hydrogen (secondary N) is 1. The van der Waals surface area contributed by atoms with Crippen LogP contribution in [0, 0.1) is 23.4 Å². The summed E-state index contributed by atoms with van der Waals surface area (Å²) in [5.41, 5.74) is -0.562. The molecular formula is C25H24F4N2O3. The Labute approximate surface area is 194 Å². The summed E-state index contributed by atoms with van der Waals surface area (Å²) in [7, 11) is 0. The first kappa shape index (κ1) is 22.8. The minimum atomic E-state index is -0.998. The highest BCUT2D eigenvalue weighted by molar-refractivity contribution is 5.82. The van der Waals surface area contributed by atoms with Gasteiger partial charge in [0.1, 0.15) is 30.2 Å². The Morgan fingerprint density at radius 3 is 2.56 bits per heavy atom. The molecule has 3 fully saturated rings. The van der Waals surface area contributed by atoms with E-state index in [0.717, 1.165) is 12.1 Å². The first-order valence-corrected chi connectivity index (χ1v) is 11.3. The zero-order valence-corrected chi connectivity index (χ0v) is 18.3. The highest BCUT2D eigenvalue weighted by Crippen LogP contribution is 2.39. The van der Waals surface area contributed by atoms with E-state index >= 15 is 4.39 Å². The van der Waals surface area contributed by atoms with Crippen LogP contribution in [-0.2, 0) is 20.7 Å². The zero-order chi connectivity index (χ0) is 24.0. The highest BCUT2D eigenvalue weighted by Gasteiger charge is 2.53. The third kappa shape index (κ3) is 4.06. The number of carbonyl (C=O) groups is 2. The Hall–Kier alpha value is -2.94. The molecule has 9 heteroatoms. The van der Waals surface area contributed by atoms with Crippen LogP contribution in [0.15, 0.2) is 36.4 Å². The maximum Gasteiger partial charge on any atom is 0.246 e. The first-order chi connectivity index (χ1) is 16.3. The van der Waals surface area contributed by atoms with Gasteiger partial charge in [0.25, 0.3) is 0 Å². The molecule has 2 aromatic carbocycles. The van der Waals surface area contributed by atoms with Crippen LogP contribution in [0.4, 0.5) is 17.6 Å². The summed E-state index contributed by atoms with van der Waals surface area (Å²) in [6.07, 6.45) is -0.196. The third-order valence-corrected chi connectivity index (χ3v) is 7.17. The van der Waals surface area contributed by atoms with Gasteiger partial charge in [0.15, 0.2) is 0 Å². The number of ether oxygens (including phenoxy) is 1. The quantitative estimate of drug-likeness (QED) is 0.687. The Bertz CT molecular complexity index is 1120. The lowest BCUT2D eigenvalue weighted by Crippen LogP contribution is -2.64. The molecule has 0 bridgehead atoms. The van der Waals surface area contributed by atoms with E-state index in [9.17, 15) is 22.8 Å². The van der Waals surface area contributed by atoms with Gasteiger partial charge in [-0.25, -0.2) is 17.6 Å². The number of benzene rings is 2.